The van der Waals surface area contributed by atoms with Crippen molar-refractivity contribution in [3.63, 3.8) is 0 Å². The Morgan fingerprint density at radius 1 is 1.45 bits per heavy atom. The van der Waals surface area contributed by atoms with E-state index in [1.807, 2.05) is 18.2 Å². The summed E-state index contributed by atoms with van der Waals surface area (Å²) in [5.41, 5.74) is -1.04. The molecule has 1 N–H and O–H groups in total. The Kier molecular flexibility index (Phi) is 3.60. The molecular weight excluding hydrogens is 287 g/mol. The molecule has 1 saturated heterocycles. The summed E-state index contributed by atoms with van der Waals surface area (Å²) in [6.45, 7) is 1.50. The summed E-state index contributed by atoms with van der Waals surface area (Å²) >= 11 is 0. The molecule has 0 saturated carbocycles. The number of alkyl halides is 1. The monoisotopic (exact) mass is 304 g/mol. The molecule has 5 nitrogen and oxygen atoms in total. The maximum atomic E-state index is 13.8. The van der Waals surface area contributed by atoms with Crippen LogP contribution in [-0.2, 0) is 4.79 Å². The van der Waals surface area contributed by atoms with E-state index in [4.69, 9.17) is 9.47 Å². The van der Waals surface area contributed by atoms with Gasteiger partial charge in [-0.15, -0.1) is 0 Å². The molecule has 1 aromatic carbocycles. The molecule has 0 radical (unpaired) electrons. The third kappa shape index (κ3) is 2.68. The van der Waals surface area contributed by atoms with Gasteiger partial charge in [-0.3, -0.25) is 9.78 Å². The molecule has 22 heavy (non-hydrogen) atoms. The van der Waals surface area contributed by atoms with E-state index in [9.17, 15) is 9.18 Å². The van der Waals surface area contributed by atoms with Crippen molar-refractivity contribution in [3.05, 3.63) is 30.5 Å². The summed E-state index contributed by atoms with van der Waals surface area (Å²) in [7, 11) is 1.59. The summed E-state index contributed by atoms with van der Waals surface area (Å²) < 4.78 is 24.8. The molecule has 1 fully saturated rings. The van der Waals surface area contributed by atoms with Gasteiger partial charge in [-0.05, 0) is 31.2 Å². The fraction of sp³-hybridized carbons (Fsp3) is 0.375. The highest BCUT2D eigenvalue weighted by atomic mass is 19.1. The van der Waals surface area contributed by atoms with E-state index in [1.165, 1.54) is 6.92 Å². The minimum Gasteiger partial charge on any atom is -0.497 e. The van der Waals surface area contributed by atoms with Gasteiger partial charge in [0.2, 0.25) is 0 Å². The third-order valence-corrected chi connectivity index (χ3v) is 3.79. The van der Waals surface area contributed by atoms with Gasteiger partial charge in [0.1, 0.15) is 18.1 Å². The van der Waals surface area contributed by atoms with Gasteiger partial charge >= 0.3 is 0 Å². The zero-order valence-electron chi connectivity index (χ0n) is 12.4. The molecule has 1 aromatic heterocycles. The number of aromatic nitrogens is 1. The molecule has 0 aliphatic carbocycles. The van der Waals surface area contributed by atoms with Crippen molar-refractivity contribution in [2.24, 2.45) is 0 Å². The standard InChI is InChI=1S/C16H17FN2O3/c1-16(17)8-10(19-15(16)20)9-22-14-5-6-18-13-4-3-11(21-2)7-12(13)14/h3-7,10H,8-9H2,1-2H3,(H,19,20)/t10-,16-/m0/s1. The first-order chi connectivity index (χ1) is 10.5. The fourth-order valence-electron chi connectivity index (χ4n) is 2.59. The number of fused-ring (bicyclic) bond motifs is 1. The van der Waals surface area contributed by atoms with Crippen molar-refractivity contribution >= 4 is 16.8 Å². The molecule has 6 heteroatoms. The average Bonchev–Trinajstić information content (AvgIpc) is 2.77. The lowest BCUT2D eigenvalue weighted by Gasteiger charge is -2.14. The number of pyridine rings is 1. The van der Waals surface area contributed by atoms with E-state index in [1.54, 1.807) is 19.4 Å². The molecule has 3 rings (SSSR count). The third-order valence-electron chi connectivity index (χ3n) is 3.79. The van der Waals surface area contributed by atoms with E-state index in [0.717, 1.165) is 10.9 Å². The highest BCUT2D eigenvalue weighted by Gasteiger charge is 2.43. The SMILES string of the molecule is COc1ccc2nccc(OC[C@@H]3C[C@](C)(F)C(=O)N3)c2c1. The number of nitrogens with one attached hydrogen (secondary N) is 1. The Bertz CT molecular complexity index is 718. The van der Waals surface area contributed by atoms with Crippen LogP contribution in [0.2, 0.25) is 0 Å². The Labute approximate surface area is 127 Å². The van der Waals surface area contributed by atoms with Crippen LogP contribution in [0.4, 0.5) is 4.39 Å². The largest absolute Gasteiger partial charge is 0.497 e. The summed E-state index contributed by atoms with van der Waals surface area (Å²) in [4.78, 5) is 15.7. The Hall–Kier alpha value is -2.37. The molecule has 0 bridgehead atoms. The Morgan fingerprint density at radius 2 is 2.27 bits per heavy atom. The molecule has 2 atom stereocenters. The number of rotatable bonds is 4. The average molecular weight is 304 g/mol. The zero-order valence-corrected chi connectivity index (χ0v) is 12.4. The van der Waals surface area contributed by atoms with Crippen LogP contribution in [0.25, 0.3) is 10.9 Å². The second kappa shape index (κ2) is 5.44. The number of benzene rings is 1. The number of carbonyl (C=O) groups excluding carboxylic acids is 1. The molecular formula is C16H17FN2O3. The van der Waals surface area contributed by atoms with Crippen molar-refractivity contribution < 1.29 is 18.7 Å². The highest BCUT2D eigenvalue weighted by Crippen LogP contribution is 2.29. The quantitative estimate of drug-likeness (QED) is 0.941. The first-order valence-electron chi connectivity index (χ1n) is 7.05. The number of nitrogens with zero attached hydrogens (tertiary/aromatic N) is 1. The Morgan fingerprint density at radius 3 is 2.95 bits per heavy atom. The van der Waals surface area contributed by atoms with Crippen molar-refractivity contribution in [1.82, 2.24) is 10.3 Å². The van der Waals surface area contributed by atoms with Gasteiger partial charge in [0.05, 0.1) is 18.7 Å². The molecule has 1 aliphatic rings. The molecule has 1 aliphatic heterocycles. The van der Waals surface area contributed by atoms with Crippen LogP contribution >= 0.6 is 0 Å². The van der Waals surface area contributed by atoms with Crippen molar-refractivity contribution in [1.29, 1.82) is 0 Å². The van der Waals surface area contributed by atoms with Gasteiger partial charge in [0.25, 0.3) is 5.91 Å². The van der Waals surface area contributed by atoms with E-state index >= 15 is 0 Å². The summed E-state index contributed by atoms with van der Waals surface area (Å²) in [5.74, 6) is 0.754. The smallest absolute Gasteiger partial charge is 0.257 e. The van der Waals surface area contributed by atoms with Crippen molar-refractivity contribution in [3.8, 4) is 11.5 Å². The van der Waals surface area contributed by atoms with E-state index < -0.39 is 11.6 Å². The fourth-order valence-corrected chi connectivity index (χ4v) is 2.59. The summed E-state index contributed by atoms with van der Waals surface area (Å²) in [6.07, 6.45) is 1.76. The molecule has 116 valence electrons. The second-order valence-electron chi connectivity index (χ2n) is 5.58. The predicted octanol–water partition coefficient (Wildman–Crippen LogP) is 2.24. The Balaban J connectivity index is 1.78. The van der Waals surface area contributed by atoms with Gasteiger partial charge < -0.3 is 14.8 Å². The molecule has 2 aromatic rings. The van der Waals surface area contributed by atoms with Crippen LogP contribution in [0, 0.1) is 0 Å². The minimum atomic E-state index is -1.82. The van der Waals surface area contributed by atoms with Crippen LogP contribution in [0.15, 0.2) is 30.5 Å². The maximum Gasteiger partial charge on any atom is 0.257 e. The van der Waals surface area contributed by atoms with Crippen LogP contribution in [0.1, 0.15) is 13.3 Å². The van der Waals surface area contributed by atoms with Crippen LogP contribution in [-0.4, -0.2) is 36.3 Å². The topological polar surface area (TPSA) is 60.5 Å². The number of hydrogen-bond acceptors (Lipinski definition) is 4. The van der Waals surface area contributed by atoms with Gasteiger partial charge in [0.15, 0.2) is 5.67 Å². The lowest BCUT2D eigenvalue weighted by Crippen LogP contribution is -2.33. The van der Waals surface area contributed by atoms with Crippen LogP contribution in [0.3, 0.4) is 0 Å². The van der Waals surface area contributed by atoms with E-state index in [2.05, 4.69) is 10.3 Å². The molecule has 0 spiro atoms. The number of ether oxygens (including phenoxy) is 2. The lowest BCUT2D eigenvalue weighted by atomic mass is 10.1. The van der Waals surface area contributed by atoms with Crippen LogP contribution < -0.4 is 14.8 Å². The first-order valence-corrected chi connectivity index (χ1v) is 7.05. The molecule has 0 unspecified atom stereocenters. The van der Waals surface area contributed by atoms with E-state index in [0.29, 0.717) is 11.5 Å². The van der Waals surface area contributed by atoms with Gasteiger partial charge in [-0.2, -0.15) is 0 Å². The van der Waals surface area contributed by atoms with E-state index in [-0.39, 0.29) is 19.1 Å². The van der Waals surface area contributed by atoms with Gasteiger partial charge in [-0.1, -0.05) is 0 Å². The van der Waals surface area contributed by atoms with Gasteiger partial charge in [-0.25, -0.2) is 4.39 Å². The maximum absolute atomic E-state index is 13.8. The minimum absolute atomic E-state index is 0.109. The first kappa shape index (κ1) is 14.6. The number of amides is 1. The van der Waals surface area contributed by atoms with Gasteiger partial charge in [0, 0.05) is 18.0 Å². The molecule has 1 amide bonds. The normalized spacial score (nSPS) is 24.3. The predicted molar refractivity (Wildman–Crippen MR) is 79.9 cm³/mol. The summed E-state index contributed by atoms with van der Waals surface area (Å²) in [6, 6.07) is 6.91. The lowest BCUT2D eigenvalue weighted by molar-refractivity contribution is -0.128. The zero-order chi connectivity index (χ0) is 15.7. The number of halogens is 1. The van der Waals surface area contributed by atoms with Crippen LogP contribution in [0.5, 0.6) is 11.5 Å². The number of hydrogen-bond donors (Lipinski definition) is 1. The second-order valence-corrected chi connectivity index (χ2v) is 5.58. The van der Waals surface area contributed by atoms with Crippen molar-refractivity contribution in [2.75, 3.05) is 13.7 Å². The van der Waals surface area contributed by atoms with Crippen molar-refractivity contribution in [2.45, 2.75) is 25.1 Å². The number of methoxy groups -OCH3 is 1. The number of carbonyl (C=O) groups is 1. The summed E-state index contributed by atoms with van der Waals surface area (Å²) in [5, 5.41) is 3.42. The highest BCUT2D eigenvalue weighted by molar-refractivity contribution is 5.87. The molecule has 2 heterocycles.